The van der Waals surface area contributed by atoms with Crippen LogP contribution in [0.15, 0.2) is 41.6 Å². The molecule has 0 aliphatic heterocycles. The number of aromatic nitrogens is 2. The van der Waals surface area contributed by atoms with Crippen LogP contribution in [0.4, 0.5) is 16.0 Å². The Morgan fingerprint density at radius 1 is 1.17 bits per heavy atom. The second-order valence-electron chi connectivity index (χ2n) is 3.36. The molecule has 0 saturated heterocycles. The molecule has 94 valence electrons. The maximum atomic E-state index is 13.3. The van der Waals surface area contributed by atoms with Crippen LogP contribution in [0.2, 0.25) is 0 Å². The number of hydrogen-bond acceptors (Lipinski definition) is 5. The van der Waals surface area contributed by atoms with E-state index in [1.165, 1.54) is 18.2 Å². The zero-order valence-electron chi connectivity index (χ0n) is 9.04. The van der Waals surface area contributed by atoms with E-state index in [0.29, 0.717) is 0 Å². The van der Waals surface area contributed by atoms with Crippen molar-refractivity contribution in [3.8, 4) is 0 Å². The molecule has 18 heavy (non-hydrogen) atoms. The van der Waals surface area contributed by atoms with Gasteiger partial charge in [-0.3, -0.25) is 4.72 Å². The standard InChI is InChI=1S/C10H9FN4O2S/c11-8-3-1-2-4-9(8)15-18(16,17)7-5-13-10(12)14-6-7/h1-6,15H,(H2,12,13,14). The fourth-order valence-corrected chi connectivity index (χ4v) is 2.17. The molecule has 8 heteroatoms. The number of nitrogen functional groups attached to an aromatic ring is 1. The number of hydrogen-bond donors (Lipinski definition) is 2. The number of rotatable bonds is 3. The fourth-order valence-electron chi connectivity index (χ4n) is 1.21. The van der Waals surface area contributed by atoms with Crippen molar-refractivity contribution >= 4 is 21.7 Å². The zero-order chi connectivity index (χ0) is 13.2. The Morgan fingerprint density at radius 2 is 1.78 bits per heavy atom. The normalized spacial score (nSPS) is 11.2. The summed E-state index contributed by atoms with van der Waals surface area (Å²) in [7, 11) is -3.92. The fraction of sp³-hybridized carbons (Fsp3) is 0. The molecule has 1 aromatic carbocycles. The van der Waals surface area contributed by atoms with Gasteiger partial charge in [-0.25, -0.2) is 22.8 Å². The molecule has 3 N–H and O–H groups in total. The molecule has 0 atom stereocenters. The molecule has 0 radical (unpaired) electrons. The van der Waals surface area contributed by atoms with Crippen molar-refractivity contribution in [3.63, 3.8) is 0 Å². The molecule has 0 amide bonds. The zero-order valence-corrected chi connectivity index (χ0v) is 9.86. The van der Waals surface area contributed by atoms with Gasteiger partial charge in [0.15, 0.2) is 0 Å². The van der Waals surface area contributed by atoms with Crippen molar-refractivity contribution < 1.29 is 12.8 Å². The third-order valence-corrected chi connectivity index (χ3v) is 3.40. The van der Waals surface area contributed by atoms with Gasteiger partial charge in [0, 0.05) is 0 Å². The van der Waals surface area contributed by atoms with Gasteiger partial charge in [0.1, 0.15) is 10.7 Å². The van der Waals surface area contributed by atoms with Gasteiger partial charge in [-0.2, -0.15) is 0 Å². The number of halogens is 1. The van der Waals surface area contributed by atoms with Crippen molar-refractivity contribution in [1.82, 2.24) is 9.97 Å². The molecular weight excluding hydrogens is 259 g/mol. The number of nitrogens with one attached hydrogen (secondary N) is 1. The molecule has 0 saturated carbocycles. The van der Waals surface area contributed by atoms with Crippen molar-refractivity contribution in [1.29, 1.82) is 0 Å². The van der Waals surface area contributed by atoms with Gasteiger partial charge >= 0.3 is 0 Å². The molecule has 0 bridgehead atoms. The van der Waals surface area contributed by atoms with E-state index in [1.54, 1.807) is 0 Å². The summed E-state index contributed by atoms with van der Waals surface area (Å²) < 4.78 is 39.2. The van der Waals surface area contributed by atoms with Gasteiger partial charge in [-0.1, -0.05) is 12.1 Å². The summed E-state index contributed by atoms with van der Waals surface area (Å²) in [6, 6.07) is 5.43. The van der Waals surface area contributed by atoms with E-state index in [9.17, 15) is 12.8 Å². The van der Waals surface area contributed by atoms with Crippen LogP contribution in [-0.2, 0) is 10.0 Å². The van der Waals surface area contributed by atoms with Crippen LogP contribution >= 0.6 is 0 Å². The SMILES string of the molecule is Nc1ncc(S(=O)(=O)Nc2ccccc2F)cn1. The highest BCUT2D eigenvalue weighted by Gasteiger charge is 2.16. The van der Waals surface area contributed by atoms with Crippen LogP contribution in [0.1, 0.15) is 0 Å². The number of sulfonamides is 1. The van der Waals surface area contributed by atoms with Crippen LogP contribution in [0.25, 0.3) is 0 Å². The smallest absolute Gasteiger partial charge is 0.265 e. The second-order valence-corrected chi connectivity index (χ2v) is 5.04. The van der Waals surface area contributed by atoms with Crippen LogP contribution in [-0.4, -0.2) is 18.4 Å². The highest BCUT2D eigenvalue weighted by Crippen LogP contribution is 2.17. The largest absolute Gasteiger partial charge is 0.368 e. The molecule has 0 aliphatic carbocycles. The van der Waals surface area contributed by atoms with Crippen LogP contribution in [0.3, 0.4) is 0 Å². The summed E-state index contributed by atoms with van der Waals surface area (Å²) >= 11 is 0. The summed E-state index contributed by atoms with van der Waals surface area (Å²) in [4.78, 5) is 6.93. The lowest BCUT2D eigenvalue weighted by molar-refractivity contribution is 0.597. The summed E-state index contributed by atoms with van der Waals surface area (Å²) in [5.41, 5.74) is 5.11. The van der Waals surface area contributed by atoms with E-state index in [0.717, 1.165) is 18.5 Å². The lowest BCUT2D eigenvalue weighted by Gasteiger charge is -2.08. The van der Waals surface area contributed by atoms with E-state index in [-0.39, 0.29) is 16.5 Å². The Balaban J connectivity index is 2.33. The first-order chi connectivity index (χ1) is 8.49. The predicted octanol–water partition coefficient (Wildman–Crippen LogP) is 0.999. The third-order valence-electron chi connectivity index (χ3n) is 2.08. The van der Waals surface area contributed by atoms with E-state index in [4.69, 9.17) is 5.73 Å². The van der Waals surface area contributed by atoms with Gasteiger partial charge < -0.3 is 5.73 Å². The van der Waals surface area contributed by atoms with E-state index in [1.807, 2.05) is 0 Å². The molecule has 0 fully saturated rings. The van der Waals surface area contributed by atoms with Gasteiger partial charge in [0.25, 0.3) is 10.0 Å². The van der Waals surface area contributed by atoms with Crippen LogP contribution in [0, 0.1) is 5.82 Å². The number of nitrogens with two attached hydrogens (primary N) is 1. The van der Waals surface area contributed by atoms with E-state index >= 15 is 0 Å². The molecular formula is C10H9FN4O2S. The number of anilines is 2. The second kappa shape index (κ2) is 4.57. The average molecular weight is 268 g/mol. The predicted molar refractivity (Wildman–Crippen MR) is 63.7 cm³/mol. The summed E-state index contributed by atoms with van der Waals surface area (Å²) in [5, 5.41) is 0. The van der Waals surface area contributed by atoms with Crippen LogP contribution in [0.5, 0.6) is 0 Å². The molecule has 1 heterocycles. The molecule has 0 aliphatic rings. The highest BCUT2D eigenvalue weighted by molar-refractivity contribution is 7.92. The first-order valence-electron chi connectivity index (χ1n) is 4.84. The van der Waals surface area contributed by atoms with Crippen molar-refractivity contribution in [3.05, 3.63) is 42.5 Å². The Hall–Kier alpha value is -2.22. The Labute approximate surface area is 103 Å². The Kier molecular flexibility index (Phi) is 3.11. The average Bonchev–Trinajstić information content (AvgIpc) is 2.32. The lowest BCUT2D eigenvalue weighted by Crippen LogP contribution is -2.14. The van der Waals surface area contributed by atoms with Crippen molar-refractivity contribution in [2.45, 2.75) is 4.90 Å². The van der Waals surface area contributed by atoms with Gasteiger partial charge in [-0.05, 0) is 12.1 Å². The minimum Gasteiger partial charge on any atom is -0.368 e. The maximum absolute atomic E-state index is 13.3. The molecule has 2 aromatic rings. The third kappa shape index (κ3) is 2.54. The topological polar surface area (TPSA) is 98.0 Å². The Bertz CT molecular complexity index is 658. The summed E-state index contributed by atoms with van der Waals surface area (Å²) in [6.07, 6.45) is 2.09. The summed E-state index contributed by atoms with van der Waals surface area (Å²) in [5.74, 6) is -0.711. The molecule has 0 spiro atoms. The van der Waals surface area contributed by atoms with Crippen LogP contribution < -0.4 is 10.5 Å². The van der Waals surface area contributed by atoms with Crippen molar-refractivity contribution in [2.24, 2.45) is 0 Å². The monoisotopic (exact) mass is 268 g/mol. The number of benzene rings is 1. The quantitative estimate of drug-likeness (QED) is 0.865. The number of nitrogens with zero attached hydrogens (tertiary/aromatic N) is 2. The van der Waals surface area contributed by atoms with Gasteiger partial charge in [0.05, 0.1) is 18.1 Å². The first kappa shape index (κ1) is 12.2. The first-order valence-corrected chi connectivity index (χ1v) is 6.32. The van der Waals surface area contributed by atoms with Gasteiger partial charge in [0.2, 0.25) is 5.95 Å². The number of para-hydroxylation sites is 1. The lowest BCUT2D eigenvalue weighted by atomic mass is 10.3. The highest BCUT2D eigenvalue weighted by atomic mass is 32.2. The molecule has 0 unspecified atom stereocenters. The molecule has 1 aromatic heterocycles. The van der Waals surface area contributed by atoms with Crippen molar-refractivity contribution in [2.75, 3.05) is 10.5 Å². The molecule has 2 rings (SSSR count). The molecule has 6 nitrogen and oxygen atoms in total. The summed E-state index contributed by atoms with van der Waals surface area (Å²) in [6.45, 7) is 0. The Morgan fingerprint density at radius 3 is 2.39 bits per heavy atom. The van der Waals surface area contributed by atoms with E-state index in [2.05, 4.69) is 14.7 Å². The van der Waals surface area contributed by atoms with Gasteiger partial charge in [-0.15, -0.1) is 0 Å². The maximum Gasteiger partial charge on any atom is 0.265 e. The minimum atomic E-state index is -3.92. The van der Waals surface area contributed by atoms with E-state index < -0.39 is 15.8 Å². The minimum absolute atomic E-state index is 0.0418.